The van der Waals surface area contributed by atoms with Crippen LogP contribution in [0.15, 0.2) is 30.5 Å². The summed E-state index contributed by atoms with van der Waals surface area (Å²) in [5, 5.41) is 10.3. The Morgan fingerprint density at radius 3 is 2.81 bits per heavy atom. The summed E-state index contributed by atoms with van der Waals surface area (Å²) in [5.74, 6) is 3.47. The van der Waals surface area contributed by atoms with E-state index in [1.807, 2.05) is 12.3 Å². The lowest BCUT2D eigenvalue weighted by atomic mass is 9.85. The van der Waals surface area contributed by atoms with Crippen LogP contribution < -0.4 is 4.90 Å². The number of aromatic amines is 1. The Labute approximate surface area is 153 Å². The van der Waals surface area contributed by atoms with Crippen LogP contribution in [0.5, 0.6) is 0 Å². The molecule has 2 aliphatic heterocycles. The Bertz CT molecular complexity index is 908. The van der Waals surface area contributed by atoms with Crippen molar-refractivity contribution in [1.82, 2.24) is 19.7 Å². The number of benzene rings is 1. The maximum atomic E-state index is 5.53. The molecule has 0 radical (unpaired) electrons. The average molecular weight is 351 g/mol. The molecular formula is C20H25N5O. The molecule has 4 heterocycles. The first-order chi connectivity index (χ1) is 12.8. The zero-order valence-electron chi connectivity index (χ0n) is 15.2. The predicted octanol–water partition coefficient (Wildman–Crippen LogP) is 3.22. The number of aromatic nitrogens is 4. The van der Waals surface area contributed by atoms with Crippen molar-refractivity contribution in [3.63, 3.8) is 0 Å². The fraction of sp³-hybridized carbons (Fsp3) is 0.500. The van der Waals surface area contributed by atoms with Gasteiger partial charge in [0.25, 0.3) is 0 Å². The minimum atomic E-state index is 0.757. The summed E-state index contributed by atoms with van der Waals surface area (Å²) >= 11 is 0. The fourth-order valence-corrected chi connectivity index (χ4v) is 4.63. The molecule has 2 aliphatic rings. The highest BCUT2D eigenvalue weighted by atomic mass is 16.5. The maximum Gasteiger partial charge on any atom is 0.227 e. The minimum Gasteiger partial charge on any atom is -0.381 e. The summed E-state index contributed by atoms with van der Waals surface area (Å²) in [5.41, 5.74) is 2.25. The number of hydrogen-bond donors (Lipinski definition) is 1. The summed E-state index contributed by atoms with van der Waals surface area (Å²) in [6.07, 6.45) is 5.70. The highest BCUT2D eigenvalue weighted by Gasteiger charge is 2.32. The summed E-state index contributed by atoms with van der Waals surface area (Å²) in [6, 6.07) is 8.34. The zero-order valence-corrected chi connectivity index (χ0v) is 15.2. The van der Waals surface area contributed by atoms with Gasteiger partial charge in [-0.1, -0.05) is 18.2 Å². The second-order valence-electron chi connectivity index (χ2n) is 7.58. The lowest BCUT2D eigenvalue weighted by Crippen LogP contribution is -2.28. The number of hydrogen-bond acceptors (Lipinski definition) is 4. The van der Waals surface area contributed by atoms with Gasteiger partial charge >= 0.3 is 0 Å². The van der Waals surface area contributed by atoms with E-state index in [1.165, 1.54) is 24.6 Å². The summed E-state index contributed by atoms with van der Waals surface area (Å²) < 4.78 is 7.67. The number of para-hydroxylation sites is 1. The second-order valence-corrected chi connectivity index (χ2v) is 7.58. The number of nitrogens with one attached hydrogen (secondary N) is 1. The van der Waals surface area contributed by atoms with E-state index in [2.05, 4.69) is 49.9 Å². The monoisotopic (exact) mass is 351 g/mol. The predicted molar refractivity (Wildman–Crippen MR) is 102 cm³/mol. The Kier molecular flexibility index (Phi) is 3.93. The van der Waals surface area contributed by atoms with Crippen molar-refractivity contribution in [3.8, 4) is 11.4 Å². The third-order valence-electron chi connectivity index (χ3n) is 6.12. The number of fused-ring (bicyclic) bond motifs is 1. The molecule has 2 saturated heterocycles. The van der Waals surface area contributed by atoms with E-state index in [0.717, 1.165) is 61.0 Å². The topological polar surface area (TPSA) is 59.0 Å². The average Bonchev–Trinajstić information content (AvgIpc) is 3.40. The normalized spacial score (nSPS) is 21.7. The van der Waals surface area contributed by atoms with Gasteiger partial charge < -0.3 is 14.6 Å². The van der Waals surface area contributed by atoms with Gasteiger partial charge in [-0.25, -0.2) is 0 Å². The first kappa shape index (κ1) is 15.9. The number of ether oxygens (including phenoxy) is 1. The Morgan fingerprint density at radius 1 is 1.08 bits per heavy atom. The molecule has 6 heteroatoms. The van der Waals surface area contributed by atoms with E-state index < -0.39 is 0 Å². The lowest BCUT2D eigenvalue weighted by molar-refractivity contribution is 0.0500. The quantitative estimate of drug-likeness (QED) is 0.787. The van der Waals surface area contributed by atoms with Crippen LogP contribution in [-0.4, -0.2) is 46.1 Å². The van der Waals surface area contributed by atoms with Crippen molar-refractivity contribution < 1.29 is 4.74 Å². The van der Waals surface area contributed by atoms with Crippen molar-refractivity contribution in [2.75, 3.05) is 31.2 Å². The molecule has 0 bridgehead atoms. The van der Waals surface area contributed by atoms with Gasteiger partial charge in [0.05, 0.1) is 0 Å². The van der Waals surface area contributed by atoms with Gasteiger partial charge in [-0.3, -0.25) is 4.57 Å². The Morgan fingerprint density at radius 2 is 1.92 bits per heavy atom. The first-order valence-corrected chi connectivity index (χ1v) is 9.60. The highest BCUT2D eigenvalue weighted by molar-refractivity contribution is 5.93. The van der Waals surface area contributed by atoms with E-state index >= 15 is 0 Å². The molecule has 5 rings (SSSR count). The maximum absolute atomic E-state index is 5.53. The Balaban J connectivity index is 1.40. The molecule has 0 aliphatic carbocycles. The molecule has 3 aromatic rings. The van der Waals surface area contributed by atoms with Crippen LogP contribution in [-0.2, 0) is 11.8 Å². The van der Waals surface area contributed by atoms with E-state index in [-0.39, 0.29) is 0 Å². The number of rotatable bonds is 3. The molecule has 2 aromatic heterocycles. The number of H-pyrrole nitrogens is 1. The third kappa shape index (κ3) is 2.60. The molecule has 2 fully saturated rings. The first-order valence-electron chi connectivity index (χ1n) is 9.60. The largest absolute Gasteiger partial charge is 0.381 e. The van der Waals surface area contributed by atoms with E-state index in [9.17, 15) is 0 Å². The molecule has 0 spiro atoms. The van der Waals surface area contributed by atoms with Crippen LogP contribution in [0.2, 0.25) is 0 Å². The van der Waals surface area contributed by atoms with Gasteiger partial charge in [0.15, 0.2) is 5.82 Å². The molecule has 1 unspecified atom stereocenters. The van der Waals surface area contributed by atoms with Gasteiger partial charge in [-0.2, -0.15) is 0 Å². The molecule has 136 valence electrons. The summed E-state index contributed by atoms with van der Waals surface area (Å²) in [4.78, 5) is 5.74. The molecule has 0 amide bonds. The van der Waals surface area contributed by atoms with Crippen LogP contribution >= 0.6 is 0 Å². The molecule has 6 nitrogen and oxygen atoms in total. The smallest absolute Gasteiger partial charge is 0.227 e. The van der Waals surface area contributed by atoms with Crippen LogP contribution in [0, 0.1) is 11.8 Å². The van der Waals surface area contributed by atoms with Crippen molar-refractivity contribution in [3.05, 3.63) is 30.5 Å². The minimum absolute atomic E-state index is 0.757. The highest BCUT2D eigenvalue weighted by Crippen LogP contribution is 2.34. The molecule has 0 saturated carbocycles. The van der Waals surface area contributed by atoms with Gasteiger partial charge in [-0.05, 0) is 37.2 Å². The summed E-state index contributed by atoms with van der Waals surface area (Å²) in [7, 11) is 2.08. The van der Waals surface area contributed by atoms with Crippen molar-refractivity contribution in [2.45, 2.75) is 19.3 Å². The van der Waals surface area contributed by atoms with Crippen molar-refractivity contribution >= 4 is 16.9 Å². The van der Waals surface area contributed by atoms with Gasteiger partial charge in [0.1, 0.15) is 0 Å². The van der Waals surface area contributed by atoms with E-state index in [0.29, 0.717) is 0 Å². The summed E-state index contributed by atoms with van der Waals surface area (Å²) in [6.45, 7) is 4.01. The van der Waals surface area contributed by atoms with Crippen molar-refractivity contribution in [1.29, 1.82) is 0 Å². The molecule has 1 N–H and O–H groups in total. The third-order valence-corrected chi connectivity index (χ3v) is 6.12. The van der Waals surface area contributed by atoms with Crippen molar-refractivity contribution in [2.24, 2.45) is 18.9 Å². The standard InChI is InChI=1S/C20H25N5O/c1-24-19(17-12-21-18-5-3-2-4-16(17)18)22-23-20(24)25-9-6-15(13-25)14-7-10-26-11-8-14/h2-5,12,14-15,21H,6-11,13H2,1H3. The zero-order chi connectivity index (χ0) is 17.5. The van der Waals surface area contributed by atoms with E-state index in [4.69, 9.17) is 4.74 Å². The number of anilines is 1. The van der Waals surface area contributed by atoms with E-state index in [1.54, 1.807) is 0 Å². The molecule has 1 atom stereocenters. The van der Waals surface area contributed by atoms with Crippen LogP contribution in [0.3, 0.4) is 0 Å². The Hall–Kier alpha value is -2.34. The van der Waals surface area contributed by atoms with Gasteiger partial charge in [-0.15, -0.1) is 10.2 Å². The van der Waals surface area contributed by atoms with Crippen LogP contribution in [0.1, 0.15) is 19.3 Å². The SMILES string of the molecule is Cn1c(-c2c[nH]c3ccccc23)nnc1N1CCC(C2CCOCC2)C1. The van der Waals surface area contributed by atoms with Gasteiger partial charge in [0.2, 0.25) is 5.95 Å². The molecular weight excluding hydrogens is 326 g/mol. The lowest BCUT2D eigenvalue weighted by Gasteiger charge is -2.27. The molecule has 26 heavy (non-hydrogen) atoms. The van der Waals surface area contributed by atoms with Crippen LogP contribution in [0.25, 0.3) is 22.3 Å². The number of nitrogens with zero attached hydrogens (tertiary/aromatic N) is 4. The van der Waals surface area contributed by atoms with Crippen LogP contribution in [0.4, 0.5) is 5.95 Å². The molecule has 1 aromatic carbocycles. The van der Waals surface area contributed by atoms with Gasteiger partial charge in [0, 0.05) is 56.0 Å². The second kappa shape index (κ2) is 6.43. The fourth-order valence-electron chi connectivity index (χ4n) is 4.63.